The molecular weight excluding hydrogens is 262 g/mol. The first-order valence-electron chi connectivity index (χ1n) is 6.06. The number of H-pyrrole nitrogens is 1. The van der Waals surface area contributed by atoms with Gasteiger partial charge in [0, 0.05) is 13.6 Å². The van der Waals surface area contributed by atoms with Gasteiger partial charge in [0.2, 0.25) is 0 Å². The van der Waals surface area contributed by atoms with Crippen LogP contribution in [0.3, 0.4) is 0 Å². The molecule has 102 valence electrons. The van der Waals surface area contributed by atoms with E-state index in [1.54, 1.807) is 7.05 Å². The van der Waals surface area contributed by atoms with Gasteiger partial charge in [0.05, 0.1) is 12.5 Å². The number of imidazole rings is 1. The predicted molar refractivity (Wildman–Crippen MR) is 73.1 cm³/mol. The van der Waals surface area contributed by atoms with Crippen molar-refractivity contribution in [2.75, 3.05) is 7.05 Å². The summed E-state index contributed by atoms with van der Waals surface area (Å²) >= 11 is 0. The van der Waals surface area contributed by atoms with Crippen molar-refractivity contribution in [3.8, 4) is 0 Å². The first-order chi connectivity index (χ1) is 9.04. The maximum absolute atomic E-state index is 12.2. The highest BCUT2D eigenvalue weighted by Gasteiger charge is 2.21. The first kappa shape index (κ1) is 13.8. The van der Waals surface area contributed by atoms with Gasteiger partial charge in [-0.25, -0.2) is 13.4 Å². The number of rotatable bonds is 5. The first-order valence-corrected chi connectivity index (χ1v) is 7.50. The number of benzene rings is 1. The third-order valence-electron chi connectivity index (χ3n) is 3.00. The van der Waals surface area contributed by atoms with E-state index in [1.807, 2.05) is 24.3 Å². The summed E-state index contributed by atoms with van der Waals surface area (Å²) in [5.41, 5.74) is 2.20. The Hall–Kier alpha value is -1.66. The van der Waals surface area contributed by atoms with E-state index < -0.39 is 10.0 Å². The predicted octanol–water partition coefficient (Wildman–Crippen LogP) is 1.79. The number of nitrogens with one attached hydrogen (secondary N) is 1. The van der Waals surface area contributed by atoms with Crippen molar-refractivity contribution in [1.29, 1.82) is 0 Å². The van der Waals surface area contributed by atoms with E-state index in [0.717, 1.165) is 12.0 Å². The average Bonchev–Trinajstić information content (AvgIpc) is 2.94. The van der Waals surface area contributed by atoms with E-state index >= 15 is 0 Å². The van der Waals surface area contributed by atoms with E-state index in [4.69, 9.17) is 0 Å². The lowest BCUT2D eigenvalue weighted by Crippen LogP contribution is -2.26. The van der Waals surface area contributed by atoms with Crippen molar-refractivity contribution in [2.24, 2.45) is 0 Å². The second kappa shape index (κ2) is 5.54. The van der Waals surface area contributed by atoms with Crippen molar-refractivity contribution >= 4 is 10.0 Å². The monoisotopic (exact) mass is 279 g/mol. The highest BCUT2D eigenvalue weighted by molar-refractivity contribution is 7.89. The molecule has 0 saturated heterocycles. The molecule has 0 radical (unpaired) electrons. The molecule has 2 rings (SSSR count). The average molecular weight is 279 g/mol. The molecule has 0 fully saturated rings. The molecule has 0 bridgehead atoms. The van der Waals surface area contributed by atoms with Gasteiger partial charge >= 0.3 is 0 Å². The van der Waals surface area contributed by atoms with E-state index in [0.29, 0.717) is 6.54 Å². The fraction of sp³-hybridized carbons (Fsp3) is 0.308. The third-order valence-corrected chi connectivity index (χ3v) is 4.73. The molecule has 0 aliphatic heterocycles. The maximum Gasteiger partial charge on any atom is 0.260 e. The summed E-state index contributed by atoms with van der Waals surface area (Å²) in [7, 11) is -1.93. The van der Waals surface area contributed by atoms with Gasteiger partial charge in [0.15, 0.2) is 5.03 Å². The van der Waals surface area contributed by atoms with Gasteiger partial charge in [-0.05, 0) is 17.5 Å². The van der Waals surface area contributed by atoms with Crippen LogP contribution in [0.15, 0.2) is 41.8 Å². The van der Waals surface area contributed by atoms with Crippen LogP contribution in [0, 0.1) is 0 Å². The highest BCUT2D eigenvalue weighted by Crippen LogP contribution is 2.14. The van der Waals surface area contributed by atoms with Crippen LogP contribution in [-0.4, -0.2) is 29.7 Å². The van der Waals surface area contributed by atoms with Gasteiger partial charge in [-0.15, -0.1) is 0 Å². The summed E-state index contributed by atoms with van der Waals surface area (Å²) in [5.74, 6) is 0. The van der Waals surface area contributed by atoms with Crippen molar-refractivity contribution in [2.45, 2.75) is 24.9 Å². The topological polar surface area (TPSA) is 66.1 Å². The number of aromatic amines is 1. The SMILES string of the molecule is CCc1ccc(CN(C)S(=O)(=O)c2cnc[nH]2)cc1. The van der Waals surface area contributed by atoms with Crippen molar-refractivity contribution in [3.05, 3.63) is 47.9 Å². The Balaban J connectivity index is 2.14. The van der Waals surface area contributed by atoms with Gasteiger partial charge in [-0.2, -0.15) is 4.31 Å². The van der Waals surface area contributed by atoms with Crippen LogP contribution < -0.4 is 0 Å². The largest absolute Gasteiger partial charge is 0.335 e. The van der Waals surface area contributed by atoms with Gasteiger partial charge in [0.25, 0.3) is 10.0 Å². The molecule has 6 heteroatoms. The number of aryl methyl sites for hydroxylation is 1. The Morgan fingerprint density at radius 3 is 2.37 bits per heavy atom. The molecule has 0 aliphatic carbocycles. The molecule has 1 aromatic carbocycles. The minimum Gasteiger partial charge on any atom is -0.335 e. The molecule has 0 atom stereocenters. The minimum atomic E-state index is -3.49. The summed E-state index contributed by atoms with van der Waals surface area (Å²) in [6, 6.07) is 7.95. The number of nitrogens with zero attached hydrogens (tertiary/aromatic N) is 2. The van der Waals surface area contributed by atoms with Crippen LogP contribution in [-0.2, 0) is 23.0 Å². The Kier molecular flexibility index (Phi) is 4.01. The Labute approximate surface area is 113 Å². The van der Waals surface area contributed by atoms with Crippen LogP contribution in [0.1, 0.15) is 18.1 Å². The molecule has 0 saturated carbocycles. The van der Waals surface area contributed by atoms with Gasteiger partial charge < -0.3 is 4.98 Å². The van der Waals surface area contributed by atoms with Gasteiger partial charge in [-0.3, -0.25) is 0 Å². The van der Waals surface area contributed by atoms with Crippen molar-refractivity contribution in [1.82, 2.24) is 14.3 Å². The second-order valence-electron chi connectivity index (χ2n) is 4.35. The summed E-state index contributed by atoms with van der Waals surface area (Å²) in [5, 5.41) is 0.111. The molecule has 1 heterocycles. The standard InChI is InChI=1S/C13H17N3O2S/c1-3-11-4-6-12(7-5-11)9-16(2)19(17,18)13-8-14-10-15-13/h4-8,10H,3,9H2,1-2H3,(H,14,15). The zero-order chi connectivity index (χ0) is 13.9. The lowest BCUT2D eigenvalue weighted by atomic mass is 10.1. The van der Waals surface area contributed by atoms with Crippen LogP contribution in [0.2, 0.25) is 0 Å². The Morgan fingerprint density at radius 1 is 1.21 bits per heavy atom. The number of hydrogen-bond donors (Lipinski definition) is 1. The maximum atomic E-state index is 12.2. The van der Waals surface area contributed by atoms with Crippen LogP contribution in [0.4, 0.5) is 0 Å². The summed E-state index contributed by atoms with van der Waals surface area (Å²) < 4.78 is 25.7. The quantitative estimate of drug-likeness (QED) is 0.907. The van der Waals surface area contributed by atoms with Crippen molar-refractivity contribution in [3.63, 3.8) is 0 Å². The highest BCUT2D eigenvalue weighted by atomic mass is 32.2. The number of aromatic nitrogens is 2. The summed E-state index contributed by atoms with van der Waals surface area (Å²) in [6.45, 7) is 2.43. The van der Waals surface area contributed by atoms with Crippen LogP contribution >= 0.6 is 0 Å². The molecule has 2 aromatic rings. The smallest absolute Gasteiger partial charge is 0.260 e. The summed E-state index contributed by atoms with van der Waals surface area (Å²) in [4.78, 5) is 6.36. The fourth-order valence-electron chi connectivity index (χ4n) is 1.77. The molecule has 19 heavy (non-hydrogen) atoms. The molecule has 0 unspecified atom stereocenters. The molecule has 1 aromatic heterocycles. The summed E-state index contributed by atoms with van der Waals surface area (Å²) in [6.07, 6.45) is 3.64. The van der Waals surface area contributed by atoms with Crippen LogP contribution in [0.5, 0.6) is 0 Å². The van der Waals surface area contributed by atoms with E-state index in [9.17, 15) is 8.42 Å². The molecule has 1 N–H and O–H groups in total. The minimum absolute atomic E-state index is 0.111. The van der Waals surface area contributed by atoms with Gasteiger partial charge in [-0.1, -0.05) is 31.2 Å². The van der Waals surface area contributed by atoms with Crippen molar-refractivity contribution < 1.29 is 8.42 Å². The van der Waals surface area contributed by atoms with Crippen LogP contribution in [0.25, 0.3) is 0 Å². The van der Waals surface area contributed by atoms with E-state index in [-0.39, 0.29) is 5.03 Å². The lowest BCUT2D eigenvalue weighted by Gasteiger charge is -2.16. The molecule has 5 nitrogen and oxygen atoms in total. The number of sulfonamides is 1. The lowest BCUT2D eigenvalue weighted by molar-refractivity contribution is 0.464. The molecule has 0 amide bonds. The molecule has 0 spiro atoms. The third kappa shape index (κ3) is 3.02. The molecule has 0 aliphatic rings. The fourth-order valence-corrected chi connectivity index (χ4v) is 2.83. The van der Waals surface area contributed by atoms with Gasteiger partial charge in [0.1, 0.15) is 0 Å². The van der Waals surface area contributed by atoms with E-state index in [2.05, 4.69) is 16.9 Å². The second-order valence-corrected chi connectivity index (χ2v) is 6.36. The van der Waals surface area contributed by atoms with E-state index in [1.165, 1.54) is 22.4 Å². The number of hydrogen-bond acceptors (Lipinski definition) is 3. The Morgan fingerprint density at radius 2 is 1.84 bits per heavy atom. The zero-order valence-corrected chi connectivity index (χ0v) is 11.8. The Bertz CT molecular complexity index is 618. The zero-order valence-electron chi connectivity index (χ0n) is 11.0. The normalized spacial score (nSPS) is 11.9. The molecular formula is C13H17N3O2S.